The fraction of sp³-hybridized carbons (Fsp3) is 1.00. The number of rotatable bonds is 28. The summed E-state index contributed by atoms with van der Waals surface area (Å²) >= 11 is 0. The van der Waals surface area contributed by atoms with E-state index in [9.17, 15) is 0 Å². The van der Waals surface area contributed by atoms with Crippen molar-refractivity contribution in [1.82, 2.24) is 0 Å². The van der Waals surface area contributed by atoms with Gasteiger partial charge in [0.1, 0.15) is 0 Å². The molecule has 0 aromatic carbocycles. The van der Waals surface area contributed by atoms with Gasteiger partial charge in [0.15, 0.2) is 0 Å². The van der Waals surface area contributed by atoms with Gasteiger partial charge in [-0.2, -0.15) is 0 Å². The Kier molecular flexibility index (Phi) is 31.1. The number of hydrogen-bond donors (Lipinski definition) is 0. The second-order valence-corrected chi connectivity index (χ2v) is 13.6. The van der Waals surface area contributed by atoms with E-state index < -0.39 is 9.28 Å². The first kappa shape index (κ1) is 37.5. The molecule has 0 rings (SSSR count). The van der Waals surface area contributed by atoms with Gasteiger partial charge in [0.05, 0.1) is 26.7 Å². The van der Waals surface area contributed by atoms with Crippen LogP contribution in [-0.2, 0) is 8.85 Å². The van der Waals surface area contributed by atoms with Gasteiger partial charge < -0.3 is 25.7 Å². The molecule has 0 radical (unpaired) electrons. The van der Waals surface area contributed by atoms with Gasteiger partial charge in [0.25, 0.3) is 0 Å². The van der Waals surface area contributed by atoms with Gasteiger partial charge in [-0.1, -0.05) is 117 Å². The van der Waals surface area contributed by atoms with E-state index in [0.29, 0.717) is 0 Å². The van der Waals surface area contributed by atoms with E-state index in [4.69, 9.17) is 8.85 Å². The lowest BCUT2D eigenvalue weighted by atomic mass is 10.1. The summed E-state index contributed by atoms with van der Waals surface area (Å²) in [6, 6.07) is 1.15. The molecule has 0 atom stereocenters. The molecule has 0 bridgehead atoms. The molecule has 0 aromatic rings. The smallest absolute Gasteiger partial charge is 0.321 e. The van der Waals surface area contributed by atoms with Crippen molar-refractivity contribution in [2.45, 2.75) is 155 Å². The molecule has 0 saturated heterocycles. The van der Waals surface area contributed by atoms with E-state index in [1.54, 1.807) is 0 Å². The van der Waals surface area contributed by atoms with Crippen LogP contribution < -0.4 is 12.4 Å². The zero-order valence-electron chi connectivity index (χ0n) is 24.9. The minimum absolute atomic E-state index is 0. The Hall–Kier alpha value is 0.387. The molecule has 35 heavy (non-hydrogen) atoms. The molecule has 0 aliphatic heterocycles. The van der Waals surface area contributed by atoms with Crippen LogP contribution in [0.1, 0.15) is 149 Å². The Morgan fingerprint density at radius 2 is 0.743 bits per heavy atom. The van der Waals surface area contributed by atoms with Gasteiger partial charge in [-0.3, -0.25) is 0 Å². The van der Waals surface area contributed by atoms with E-state index in [2.05, 4.69) is 20.9 Å². The lowest BCUT2D eigenvalue weighted by molar-refractivity contribution is -0.910. The van der Waals surface area contributed by atoms with Gasteiger partial charge in [0.2, 0.25) is 0 Å². The summed E-state index contributed by atoms with van der Waals surface area (Å²) in [5.41, 5.74) is 0. The van der Waals surface area contributed by atoms with Crippen LogP contribution in [0.25, 0.3) is 0 Å². The maximum Gasteiger partial charge on any atom is 0.321 e. The van der Waals surface area contributed by atoms with Gasteiger partial charge in [0, 0.05) is 14.2 Å². The third kappa shape index (κ3) is 25.8. The molecule has 0 amide bonds. The largest absolute Gasteiger partial charge is 1.00 e. The second-order valence-electron chi connectivity index (χ2n) is 11.2. The van der Waals surface area contributed by atoms with Crippen LogP contribution in [0.4, 0.5) is 0 Å². The van der Waals surface area contributed by atoms with Crippen LogP contribution in [-0.4, -0.2) is 54.7 Å². The zero-order valence-corrected chi connectivity index (χ0v) is 26.8. The molecule has 0 N–H and O–H groups in total. The summed E-state index contributed by atoms with van der Waals surface area (Å²) < 4.78 is 12.4. The lowest BCUT2D eigenvalue weighted by Gasteiger charge is -2.35. The van der Waals surface area contributed by atoms with Crippen molar-refractivity contribution in [2.75, 3.05) is 40.9 Å². The fourth-order valence-electron chi connectivity index (χ4n) is 5.27. The predicted molar refractivity (Wildman–Crippen MR) is 155 cm³/mol. The van der Waals surface area contributed by atoms with Gasteiger partial charge in [-0.25, -0.2) is 0 Å². The minimum atomic E-state index is -1.41. The topological polar surface area (TPSA) is 18.5 Å². The summed E-state index contributed by atoms with van der Waals surface area (Å²) in [5, 5.41) is 0. The number of hydrogen-bond acceptors (Lipinski definition) is 2. The highest BCUT2D eigenvalue weighted by Crippen LogP contribution is 2.17. The molecule has 0 fully saturated rings. The average molecular weight is 536 g/mol. The Labute approximate surface area is 230 Å². The van der Waals surface area contributed by atoms with Crippen molar-refractivity contribution in [3.63, 3.8) is 0 Å². The van der Waals surface area contributed by atoms with Crippen LogP contribution in [0.5, 0.6) is 0 Å². The monoisotopic (exact) mass is 535 g/mol. The Morgan fingerprint density at radius 1 is 0.457 bits per heavy atom. The van der Waals surface area contributed by atoms with Crippen molar-refractivity contribution in [1.29, 1.82) is 0 Å². The second kappa shape index (κ2) is 29.0. The molecule has 0 aliphatic rings. The van der Waals surface area contributed by atoms with E-state index in [1.165, 1.54) is 159 Å². The van der Waals surface area contributed by atoms with E-state index in [1.807, 2.05) is 14.2 Å². The molecular weight excluding hydrogens is 470 g/mol. The van der Waals surface area contributed by atoms with Crippen LogP contribution in [0.2, 0.25) is 6.04 Å². The highest BCUT2D eigenvalue weighted by molar-refractivity contribution is 6.44. The highest BCUT2D eigenvalue weighted by atomic mass is 35.5. The van der Waals surface area contributed by atoms with Gasteiger partial charge in [-0.05, 0) is 38.1 Å². The van der Waals surface area contributed by atoms with Crippen LogP contribution in [0.3, 0.4) is 0 Å². The Bertz CT molecular complexity index is 373. The van der Waals surface area contributed by atoms with Gasteiger partial charge >= 0.3 is 9.28 Å². The van der Waals surface area contributed by atoms with Crippen molar-refractivity contribution in [3.05, 3.63) is 0 Å². The van der Waals surface area contributed by atoms with Crippen molar-refractivity contribution < 1.29 is 25.7 Å². The van der Waals surface area contributed by atoms with Crippen molar-refractivity contribution in [2.24, 2.45) is 0 Å². The maximum absolute atomic E-state index is 5.56. The van der Waals surface area contributed by atoms with E-state index in [-0.39, 0.29) is 12.4 Å². The average Bonchev–Trinajstić information content (AvgIpc) is 2.84. The maximum atomic E-state index is 5.56. The molecule has 0 heterocycles. The molecule has 0 aromatic heterocycles. The van der Waals surface area contributed by atoms with Crippen LogP contribution in [0.15, 0.2) is 0 Å². The zero-order chi connectivity index (χ0) is 25.2. The first-order chi connectivity index (χ1) is 16.6. The van der Waals surface area contributed by atoms with Crippen LogP contribution >= 0.6 is 0 Å². The predicted octanol–water partition coefficient (Wildman–Crippen LogP) is 6.18. The summed E-state index contributed by atoms with van der Waals surface area (Å²) in [6.45, 7) is 8.63. The first-order valence-electron chi connectivity index (χ1n) is 15.5. The number of quaternary nitrogens is 1. The molecule has 0 spiro atoms. The summed E-state index contributed by atoms with van der Waals surface area (Å²) in [4.78, 5) is 0. The Balaban J connectivity index is 0. The lowest BCUT2D eigenvalue weighted by Crippen LogP contribution is -3.00. The highest BCUT2D eigenvalue weighted by Gasteiger charge is 2.22. The Morgan fingerprint density at radius 3 is 1.06 bits per heavy atom. The standard InChI is InChI=1S/C30H66NO2Si.ClH/c1-6-8-10-12-14-16-18-20-22-24-27-31(3,29-26-30-34(32-4)33-5)28-25-23-21-19-17-15-13-11-9-7-2;/h34H,6-30H2,1-5H3;1H/q+1;/p-1. The summed E-state index contributed by atoms with van der Waals surface area (Å²) in [5.74, 6) is 0. The van der Waals surface area contributed by atoms with Crippen molar-refractivity contribution >= 4 is 9.28 Å². The van der Waals surface area contributed by atoms with E-state index in [0.717, 1.165) is 6.04 Å². The first-order valence-corrected chi connectivity index (χ1v) is 17.3. The normalized spacial score (nSPS) is 11.8. The third-order valence-electron chi connectivity index (χ3n) is 7.77. The van der Waals surface area contributed by atoms with E-state index >= 15 is 0 Å². The molecule has 0 aliphatic carbocycles. The molecule has 0 saturated carbocycles. The third-order valence-corrected chi connectivity index (χ3v) is 9.70. The SMILES string of the molecule is CCCCCCCCCCCC[N+](C)(CCCCCCCCCCCC)CCC[SiH](OC)OC.[Cl-]. The molecular formula is C30H66ClNO2Si. The van der Waals surface area contributed by atoms with Gasteiger partial charge in [-0.15, -0.1) is 0 Å². The molecule has 0 unspecified atom stereocenters. The number of nitrogens with zero attached hydrogens (tertiary/aromatic N) is 1. The molecule has 214 valence electrons. The van der Waals surface area contributed by atoms with Crippen LogP contribution in [0, 0.1) is 0 Å². The molecule has 3 nitrogen and oxygen atoms in total. The number of halogens is 1. The minimum Gasteiger partial charge on any atom is -1.00 e. The van der Waals surface area contributed by atoms with Crippen molar-refractivity contribution in [3.8, 4) is 0 Å². The summed E-state index contributed by atoms with van der Waals surface area (Å²) in [6.07, 6.45) is 29.9. The molecule has 5 heteroatoms. The quantitative estimate of drug-likeness (QED) is 0.0676. The fourth-order valence-corrected chi connectivity index (χ4v) is 6.45. The summed E-state index contributed by atoms with van der Waals surface area (Å²) in [7, 11) is 4.76. The number of unbranched alkanes of at least 4 members (excludes halogenated alkanes) is 18.